The lowest BCUT2D eigenvalue weighted by molar-refractivity contribution is -0.143. The minimum absolute atomic E-state index is 0.00535. The van der Waals surface area contributed by atoms with Crippen molar-refractivity contribution in [3.63, 3.8) is 0 Å². The van der Waals surface area contributed by atoms with Crippen LogP contribution in [0.3, 0.4) is 0 Å². The number of hydrogen-bond donors (Lipinski definition) is 6. The summed E-state index contributed by atoms with van der Waals surface area (Å²) in [5.74, 6) is -7.12. The Hall–Kier alpha value is -6.42. The summed E-state index contributed by atoms with van der Waals surface area (Å²) < 4.78 is 6.21. The van der Waals surface area contributed by atoms with Crippen LogP contribution in [-0.4, -0.2) is 94.5 Å². The maximum atomic E-state index is 14.7. The highest BCUT2D eigenvalue weighted by Crippen LogP contribution is 2.31. The monoisotopic (exact) mass is 824 g/mol. The van der Waals surface area contributed by atoms with Crippen LogP contribution in [0.1, 0.15) is 96.2 Å². The Labute approximate surface area is 348 Å². The van der Waals surface area contributed by atoms with Crippen molar-refractivity contribution < 1.29 is 48.2 Å². The number of benzene rings is 3. The number of aromatic carboxylic acids is 1. The van der Waals surface area contributed by atoms with Crippen LogP contribution in [0.2, 0.25) is 0 Å². The number of Topliss-reactive ketones (excluding diaryl/α,β-unsaturated/α-hetero) is 1. The zero-order chi connectivity index (χ0) is 43.2. The van der Waals surface area contributed by atoms with E-state index in [0.717, 1.165) is 24.8 Å². The van der Waals surface area contributed by atoms with E-state index in [9.17, 15) is 43.5 Å². The Morgan fingerprint density at radius 1 is 0.833 bits per heavy atom. The van der Waals surface area contributed by atoms with Crippen molar-refractivity contribution in [2.75, 3.05) is 13.1 Å². The maximum absolute atomic E-state index is 14.7. The van der Waals surface area contributed by atoms with Crippen molar-refractivity contribution in [2.45, 2.75) is 95.2 Å². The van der Waals surface area contributed by atoms with Gasteiger partial charge in [0.15, 0.2) is 0 Å². The number of carbonyl (C=O) groups excluding carboxylic acids is 7. The summed E-state index contributed by atoms with van der Waals surface area (Å²) in [6, 6.07) is 18.4. The molecule has 1 saturated heterocycles. The number of ketones is 1. The van der Waals surface area contributed by atoms with E-state index in [1.807, 2.05) is 30.3 Å². The zero-order valence-corrected chi connectivity index (χ0v) is 33.5. The molecule has 5 atom stereocenters. The van der Waals surface area contributed by atoms with Gasteiger partial charge in [0.25, 0.3) is 11.8 Å². The van der Waals surface area contributed by atoms with E-state index < -0.39 is 84.0 Å². The lowest BCUT2D eigenvalue weighted by Gasteiger charge is -2.35. The van der Waals surface area contributed by atoms with Crippen molar-refractivity contribution in [2.24, 2.45) is 11.7 Å². The van der Waals surface area contributed by atoms with Gasteiger partial charge in [-0.2, -0.15) is 0 Å². The van der Waals surface area contributed by atoms with E-state index in [1.54, 1.807) is 37.3 Å². The fraction of sp³-hybridized carbons (Fsp3) is 0.409. The first-order valence-corrected chi connectivity index (χ1v) is 20.2. The molecule has 318 valence electrons. The van der Waals surface area contributed by atoms with Gasteiger partial charge in [0, 0.05) is 18.5 Å². The van der Waals surface area contributed by atoms with Gasteiger partial charge in [-0.05, 0) is 54.5 Å². The number of likely N-dealkylation sites (tertiary alicyclic amines) is 1. The molecular formula is C44H52N6O10. The van der Waals surface area contributed by atoms with Crippen LogP contribution in [-0.2, 0) is 40.1 Å². The molecule has 0 spiro atoms. The molecule has 5 rings (SSSR count). The van der Waals surface area contributed by atoms with Gasteiger partial charge in [-0.15, -0.1) is 0 Å². The molecule has 1 aliphatic heterocycles. The number of nitrogens with one attached hydrogen (secondary N) is 4. The first kappa shape index (κ1) is 44.7. The Bertz CT molecular complexity index is 2020. The first-order valence-electron chi connectivity index (χ1n) is 20.2. The normalized spacial score (nSPS) is 18.0. The minimum Gasteiger partial charge on any atom is -0.478 e. The first-order chi connectivity index (χ1) is 28.9. The third-order valence-electron chi connectivity index (χ3n) is 10.8. The molecule has 16 nitrogen and oxygen atoms in total. The van der Waals surface area contributed by atoms with Gasteiger partial charge in [-0.25, -0.2) is 4.79 Å². The molecule has 6 amide bonds. The van der Waals surface area contributed by atoms with E-state index in [4.69, 9.17) is 10.5 Å². The predicted octanol–water partition coefficient (Wildman–Crippen LogP) is 2.56. The second-order valence-electron chi connectivity index (χ2n) is 15.1. The number of nitrogens with zero attached hydrogens (tertiary/aromatic N) is 1. The third kappa shape index (κ3) is 12.1. The van der Waals surface area contributed by atoms with Crippen molar-refractivity contribution in [1.82, 2.24) is 26.2 Å². The van der Waals surface area contributed by atoms with Gasteiger partial charge in [-0.3, -0.25) is 33.6 Å². The molecule has 0 aromatic heterocycles. The minimum atomic E-state index is -1.31. The molecule has 2 aliphatic rings. The summed E-state index contributed by atoms with van der Waals surface area (Å²) in [6.45, 7) is 1.29. The van der Waals surface area contributed by atoms with Crippen molar-refractivity contribution >= 4 is 47.2 Å². The van der Waals surface area contributed by atoms with Gasteiger partial charge < -0.3 is 41.7 Å². The summed E-state index contributed by atoms with van der Waals surface area (Å²) in [5, 5.41) is 19.7. The molecule has 1 saturated carbocycles. The number of amides is 6. The van der Waals surface area contributed by atoms with E-state index >= 15 is 0 Å². The number of rotatable bonds is 19. The number of nitrogens with two attached hydrogens (primary N) is 1. The van der Waals surface area contributed by atoms with E-state index in [1.165, 1.54) is 29.2 Å². The topological polar surface area (TPSA) is 243 Å². The molecule has 0 radical (unpaired) electrons. The fourth-order valence-corrected chi connectivity index (χ4v) is 7.65. The lowest BCUT2D eigenvalue weighted by atomic mass is 9.83. The van der Waals surface area contributed by atoms with Gasteiger partial charge in [0.1, 0.15) is 18.1 Å². The summed E-state index contributed by atoms with van der Waals surface area (Å²) in [4.78, 5) is 107. The van der Waals surface area contributed by atoms with Gasteiger partial charge >= 0.3 is 5.97 Å². The fourth-order valence-electron chi connectivity index (χ4n) is 7.65. The van der Waals surface area contributed by atoms with E-state index in [0.29, 0.717) is 24.8 Å². The second-order valence-corrected chi connectivity index (χ2v) is 15.1. The molecule has 60 heavy (non-hydrogen) atoms. The average molecular weight is 825 g/mol. The highest BCUT2D eigenvalue weighted by Gasteiger charge is 2.45. The van der Waals surface area contributed by atoms with Crippen LogP contribution < -0.4 is 27.0 Å². The highest BCUT2D eigenvalue weighted by atomic mass is 16.5. The third-order valence-corrected chi connectivity index (χ3v) is 10.8. The Kier molecular flexibility index (Phi) is 16.0. The van der Waals surface area contributed by atoms with Crippen LogP contribution in [0.25, 0.3) is 0 Å². The zero-order valence-electron chi connectivity index (χ0n) is 33.5. The maximum Gasteiger partial charge on any atom is 0.335 e. The SMILES string of the molecule is CCCC(NC(=O)C1CC(OCc2ccccc2)CN1C(=O)C(NC(=O)c1cccc(C(=O)O)c1)C1CCCCC1)C(=O)C(=O)NCC(=O)NC(C(N)=O)c1ccccc1. The smallest absolute Gasteiger partial charge is 0.335 e. The van der Waals surface area contributed by atoms with Crippen molar-refractivity contribution in [3.8, 4) is 0 Å². The number of primary amides is 1. The molecular weight excluding hydrogens is 773 g/mol. The second kappa shape index (κ2) is 21.5. The van der Waals surface area contributed by atoms with Gasteiger partial charge in [-0.1, -0.05) is 99.3 Å². The standard InChI is InChI=1S/C44H52N6O10/c1-2-13-33(38(52)42(56)46-24-35(51)48-36(39(45)53)28-16-8-4-9-17-28)47-41(55)34-23-32(60-26-27-14-6-3-7-15-27)25-50(34)43(57)37(29-18-10-5-11-19-29)49-40(54)30-20-12-21-31(22-30)44(58)59/h3-4,6-9,12,14-17,20-22,29,32-34,36-37H,2,5,10-11,13,18-19,23-26H2,1H3,(H2,45,53)(H,46,56)(H,47,55)(H,48,51)(H,49,54)(H,58,59). The number of ether oxygens (including phenoxy) is 1. The van der Waals surface area contributed by atoms with Crippen molar-refractivity contribution in [3.05, 3.63) is 107 Å². The Morgan fingerprint density at radius 2 is 1.50 bits per heavy atom. The van der Waals surface area contributed by atoms with Crippen LogP contribution in [0.15, 0.2) is 84.9 Å². The number of carbonyl (C=O) groups is 8. The largest absolute Gasteiger partial charge is 0.478 e. The summed E-state index contributed by atoms with van der Waals surface area (Å²) in [5.41, 5.74) is 6.75. The molecule has 3 aromatic rings. The molecule has 3 aromatic carbocycles. The van der Waals surface area contributed by atoms with Gasteiger partial charge in [0.05, 0.1) is 30.9 Å². The van der Waals surface area contributed by atoms with E-state index in [2.05, 4.69) is 21.3 Å². The van der Waals surface area contributed by atoms with E-state index in [-0.39, 0.29) is 43.0 Å². The predicted molar refractivity (Wildman–Crippen MR) is 218 cm³/mol. The number of hydrogen-bond acceptors (Lipinski definition) is 9. The summed E-state index contributed by atoms with van der Waals surface area (Å²) in [7, 11) is 0. The van der Waals surface area contributed by atoms with Crippen LogP contribution in [0.5, 0.6) is 0 Å². The van der Waals surface area contributed by atoms with Crippen LogP contribution in [0.4, 0.5) is 0 Å². The Morgan fingerprint density at radius 3 is 2.15 bits per heavy atom. The quantitative estimate of drug-likeness (QED) is 0.0966. The molecule has 7 N–H and O–H groups in total. The molecule has 1 aliphatic carbocycles. The lowest BCUT2D eigenvalue weighted by Crippen LogP contribution is -2.58. The summed E-state index contributed by atoms with van der Waals surface area (Å²) >= 11 is 0. The number of carboxylic acid groups (broad SMARTS) is 1. The molecule has 5 unspecified atom stereocenters. The molecule has 1 heterocycles. The Balaban J connectivity index is 1.32. The molecule has 16 heteroatoms. The number of carboxylic acids is 1. The van der Waals surface area contributed by atoms with Crippen LogP contribution in [0, 0.1) is 5.92 Å². The highest BCUT2D eigenvalue weighted by molar-refractivity contribution is 6.38. The van der Waals surface area contributed by atoms with Crippen molar-refractivity contribution in [1.29, 1.82) is 0 Å². The summed E-state index contributed by atoms with van der Waals surface area (Å²) in [6.07, 6.45) is 3.79. The van der Waals surface area contributed by atoms with Gasteiger partial charge in [0.2, 0.25) is 29.4 Å². The molecule has 2 fully saturated rings. The van der Waals surface area contributed by atoms with Crippen LogP contribution >= 0.6 is 0 Å². The molecule has 0 bridgehead atoms. The average Bonchev–Trinajstić information content (AvgIpc) is 3.70.